The summed E-state index contributed by atoms with van der Waals surface area (Å²) in [6, 6.07) is 15.5. The minimum absolute atomic E-state index is 0.192. The Labute approximate surface area is 235 Å². The van der Waals surface area contributed by atoms with Gasteiger partial charge in [0.1, 0.15) is 17.5 Å². The Balaban J connectivity index is 1.30. The Morgan fingerprint density at radius 2 is 2.00 bits per heavy atom. The number of piperidine rings is 1. The van der Waals surface area contributed by atoms with Crippen molar-refractivity contribution in [1.82, 2.24) is 24.8 Å². The number of rotatable bonds is 9. The van der Waals surface area contributed by atoms with Gasteiger partial charge in [0.25, 0.3) is 5.56 Å². The third-order valence-corrected chi connectivity index (χ3v) is 7.78. The number of benzene rings is 1. The molecule has 0 radical (unpaired) electrons. The summed E-state index contributed by atoms with van der Waals surface area (Å²) in [5, 5.41) is 9.39. The van der Waals surface area contributed by atoms with Gasteiger partial charge in [-0.25, -0.2) is 4.98 Å². The lowest BCUT2D eigenvalue weighted by atomic mass is 10.1. The van der Waals surface area contributed by atoms with Crippen LogP contribution < -0.4 is 25.7 Å². The van der Waals surface area contributed by atoms with E-state index in [1.165, 1.54) is 0 Å². The van der Waals surface area contributed by atoms with Gasteiger partial charge in [0, 0.05) is 41.1 Å². The molecule has 1 unspecified atom stereocenters. The topological polar surface area (TPSA) is 103 Å². The lowest BCUT2D eigenvalue weighted by molar-refractivity contribution is 0.167. The summed E-state index contributed by atoms with van der Waals surface area (Å²) in [6.45, 7) is 4.51. The molecule has 6 rings (SSSR count). The molecule has 0 aliphatic carbocycles. The number of nitrogens with one attached hydrogen (secondary N) is 2. The van der Waals surface area contributed by atoms with Gasteiger partial charge in [-0.05, 0) is 91.3 Å². The summed E-state index contributed by atoms with van der Waals surface area (Å²) in [7, 11) is 0. The summed E-state index contributed by atoms with van der Waals surface area (Å²) >= 11 is 1.63. The monoisotopic (exact) mass is 554 g/mol. The van der Waals surface area contributed by atoms with E-state index in [1.807, 2.05) is 54.8 Å². The van der Waals surface area contributed by atoms with Crippen molar-refractivity contribution >= 4 is 34.0 Å². The second kappa shape index (κ2) is 11.8. The predicted molar refractivity (Wildman–Crippen MR) is 158 cm³/mol. The van der Waals surface area contributed by atoms with Gasteiger partial charge >= 0.3 is 0 Å². The van der Waals surface area contributed by atoms with Crippen LogP contribution in [-0.4, -0.2) is 45.3 Å². The number of anilines is 2. The molecule has 1 atom stereocenters. The fourth-order valence-electron chi connectivity index (χ4n) is 4.84. The first-order valence-electron chi connectivity index (χ1n) is 13.4. The Kier molecular flexibility index (Phi) is 7.69. The van der Waals surface area contributed by atoms with Crippen LogP contribution in [0.4, 0.5) is 11.6 Å². The molecule has 5 aromatic rings. The van der Waals surface area contributed by atoms with Crippen LogP contribution in [0.2, 0.25) is 0 Å². The number of nitrogens with zero attached hydrogens (tertiary/aromatic N) is 4. The molecular weight excluding hydrogens is 524 g/mol. The van der Waals surface area contributed by atoms with E-state index in [2.05, 4.69) is 20.6 Å². The molecule has 5 heterocycles. The molecule has 40 heavy (non-hydrogen) atoms. The molecule has 204 valence electrons. The number of pyridine rings is 2. The van der Waals surface area contributed by atoms with Gasteiger partial charge in [-0.2, -0.15) is 4.98 Å². The first-order chi connectivity index (χ1) is 19.7. The highest BCUT2D eigenvalue weighted by Gasteiger charge is 2.17. The molecule has 1 saturated heterocycles. The number of hydrogen-bond acceptors (Lipinski definition) is 9. The maximum absolute atomic E-state index is 13.5. The standard InChI is InChI=1S/C30H30N6O3S/c1-2-38-26-16-22-17-33-30(34-23-5-7-24(8-6-23)39-25-4-3-12-32-18-25)35-28(22)36(29(26)37)19-21-11-15-40-27(21)20-9-13-31-14-10-20/h5-11,13-17,25,32H,2-4,12,18-19H2,1H3,(H,33,34,35). The van der Waals surface area contributed by atoms with E-state index < -0.39 is 0 Å². The summed E-state index contributed by atoms with van der Waals surface area (Å²) in [6.07, 6.45) is 7.63. The van der Waals surface area contributed by atoms with E-state index in [0.29, 0.717) is 24.7 Å². The van der Waals surface area contributed by atoms with Gasteiger partial charge < -0.3 is 20.1 Å². The van der Waals surface area contributed by atoms with Gasteiger partial charge in [-0.1, -0.05) is 0 Å². The second-order valence-electron chi connectivity index (χ2n) is 9.55. The highest BCUT2D eigenvalue weighted by molar-refractivity contribution is 7.13. The summed E-state index contributed by atoms with van der Waals surface area (Å²) in [5.41, 5.74) is 3.20. The Bertz CT molecular complexity index is 1650. The van der Waals surface area contributed by atoms with E-state index >= 15 is 0 Å². The van der Waals surface area contributed by atoms with Crippen molar-refractivity contribution in [2.45, 2.75) is 32.4 Å². The average molecular weight is 555 g/mol. The van der Waals surface area contributed by atoms with Crippen LogP contribution >= 0.6 is 11.3 Å². The molecular formula is C30H30N6O3S. The molecule has 9 nitrogen and oxygen atoms in total. The SMILES string of the molecule is CCOc1cc2cnc(Nc3ccc(OC4CCCNC4)cc3)nc2n(Cc2ccsc2-c2ccncc2)c1=O. The maximum Gasteiger partial charge on any atom is 0.294 e. The minimum Gasteiger partial charge on any atom is -0.489 e. The van der Waals surface area contributed by atoms with Gasteiger partial charge in [-0.3, -0.25) is 14.3 Å². The lowest BCUT2D eigenvalue weighted by Gasteiger charge is -2.24. The molecule has 4 aromatic heterocycles. The van der Waals surface area contributed by atoms with Crippen molar-refractivity contribution in [1.29, 1.82) is 0 Å². The Morgan fingerprint density at radius 3 is 2.77 bits per heavy atom. The number of aromatic nitrogens is 4. The number of thiophene rings is 1. The molecule has 1 fully saturated rings. The van der Waals surface area contributed by atoms with Crippen molar-refractivity contribution in [3.63, 3.8) is 0 Å². The highest BCUT2D eigenvalue weighted by Crippen LogP contribution is 2.30. The second-order valence-corrected chi connectivity index (χ2v) is 10.5. The molecule has 0 bridgehead atoms. The molecule has 10 heteroatoms. The average Bonchev–Trinajstić information content (AvgIpc) is 3.46. The third kappa shape index (κ3) is 5.68. The smallest absolute Gasteiger partial charge is 0.294 e. The van der Waals surface area contributed by atoms with Crippen LogP contribution in [0.3, 0.4) is 0 Å². The maximum atomic E-state index is 13.5. The van der Waals surface area contributed by atoms with Gasteiger partial charge in [0.15, 0.2) is 5.75 Å². The summed E-state index contributed by atoms with van der Waals surface area (Å²) in [4.78, 5) is 28.1. The highest BCUT2D eigenvalue weighted by atomic mass is 32.1. The zero-order valence-electron chi connectivity index (χ0n) is 22.2. The fraction of sp³-hybridized carbons (Fsp3) is 0.267. The molecule has 0 saturated carbocycles. The van der Waals surface area contributed by atoms with Crippen LogP contribution in [0.25, 0.3) is 21.5 Å². The van der Waals surface area contributed by atoms with E-state index in [1.54, 1.807) is 40.6 Å². The van der Waals surface area contributed by atoms with Crippen LogP contribution in [0, 0.1) is 0 Å². The van der Waals surface area contributed by atoms with E-state index in [0.717, 1.165) is 58.8 Å². The van der Waals surface area contributed by atoms with Crippen molar-refractivity contribution in [2.24, 2.45) is 0 Å². The number of ether oxygens (including phenoxy) is 2. The van der Waals surface area contributed by atoms with Crippen molar-refractivity contribution in [3.05, 3.63) is 88.4 Å². The van der Waals surface area contributed by atoms with Crippen molar-refractivity contribution < 1.29 is 9.47 Å². The van der Waals surface area contributed by atoms with Gasteiger partial charge in [0.2, 0.25) is 5.95 Å². The predicted octanol–water partition coefficient (Wildman–Crippen LogP) is 5.24. The Hall–Kier alpha value is -4.28. The molecule has 1 aliphatic heterocycles. The van der Waals surface area contributed by atoms with E-state index in [9.17, 15) is 4.79 Å². The van der Waals surface area contributed by atoms with Gasteiger partial charge in [-0.15, -0.1) is 11.3 Å². The first-order valence-corrected chi connectivity index (χ1v) is 14.3. The summed E-state index contributed by atoms with van der Waals surface area (Å²) < 4.78 is 13.4. The minimum atomic E-state index is -0.232. The fourth-order valence-corrected chi connectivity index (χ4v) is 5.77. The zero-order chi connectivity index (χ0) is 27.3. The van der Waals surface area contributed by atoms with Gasteiger partial charge in [0.05, 0.1) is 13.2 Å². The van der Waals surface area contributed by atoms with Crippen LogP contribution in [0.15, 0.2) is 77.3 Å². The quantitative estimate of drug-likeness (QED) is 0.255. The largest absolute Gasteiger partial charge is 0.489 e. The molecule has 1 aliphatic rings. The third-order valence-electron chi connectivity index (χ3n) is 6.78. The summed E-state index contributed by atoms with van der Waals surface area (Å²) in [5.74, 6) is 1.51. The first kappa shape index (κ1) is 26.0. The zero-order valence-corrected chi connectivity index (χ0v) is 23.0. The van der Waals surface area contributed by atoms with E-state index in [4.69, 9.17) is 14.5 Å². The van der Waals surface area contributed by atoms with Crippen molar-refractivity contribution in [3.8, 4) is 21.9 Å². The molecule has 2 N–H and O–H groups in total. The number of hydrogen-bond donors (Lipinski definition) is 2. The van der Waals surface area contributed by atoms with Crippen LogP contribution in [0.5, 0.6) is 11.5 Å². The lowest BCUT2D eigenvalue weighted by Crippen LogP contribution is -2.37. The normalized spacial score (nSPS) is 15.2. The van der Waals surface area contributed by atoms with Crippen LogP contribution in [-0.2, 0) is 6.54 Å². The van der Waals surface area contributed by atoms with Crippen molar-refractivity contribution in [2.75, 3.05) is 25.0 Å². The Morgan fingerprint density at radius 1 is 1.15 bits per heavy atom. The molecule has 1 aromatic carbocycles. The molecule has 0 amide bonds. The molecule has 0 spiro atoms. The van der Waals surface area contributed by atoms with Crippen LogP contribution in [0.1, 0.15) is 25.3 Å². The van der Waals surface area contributed by atoms with E-state index in [-0.39, 0.29) is 17.4 Å². The number of fused-ring (bicyclic) bond motifs is 1.